The molecule has 0 saturated carbocycles. The molecular weight excluding hydrogens is 230 g/mol. The summed E-state index contributed by atoms with van der Waals surface area (Å²) in [4.78, 5) is 0. The first-order chi connectivity index (χ1) is 6.87. The Hall–Kier alpha value is -0.290. The molecule has 0 aromatic rings. The zero-order chi connectivity index (χ0) is 11.6. The summed E-state index contributed by atoms with van der Waals surface area (Å²) >= 11 is 0. The Morgan fingerprint density at radius 3 is 2.33 bits per heavy atom. The highest BCUT2D eigenvalue weighted by Crippen LogP contribution is 2.18. The fourth-order valence-corrected chi connectivity index (χ4v) is 1.63. The van der Waals surface area contributed by atoms with Gasteiger partial charge in [-0.3, -0.25) is 4.18 Å². The second-order valence-corrected chi connectivity index (χ2v) is 4.55. The predicted molar refractivity (Wildman–Crippen MR) is 46.8 cm³/mol. The topological polar surface area (TPSA) is 125 Å². The summed E-state index contributed by atoms with van der Waals surface area (Å²) in [6, 6.07) is 0. The molecule has 0 aliphatic carbocycles. The van der Waals surface area contributed by atoms with Crippen molar-refractivity contribution in [2.24, 2.45) is 0 Å². The summed E-state index contributed by atoms with van der Waals surface area (Å²) in [6.45, 7) is -0.300. The maximum absolute atomic E-state index is 10.8. The number of ether oxygens (including phenoxy) is 1. The zero-order valence-electron chi connectivity index (χ0n) is 7.90. The molecule has 1 fully saturated rings. The van der Waals surface area contributed by atoms with E-state index in [1.165, 1.54) is 0 Å². The summed E-state index contributed by atoms with van der Waals surface area (Å²) in [5, 5.41) is 27.4. The first-order valence-corrected chi connectivity index (χ1v) is 5.53. The van der Waals surface area contributed by atoms with Gasteiger partial charge in [0.05, 0.1) is 7.11 Å². The van der Waals surface area contributed by atoms with Crippen LogP contribution in [0.4, 0.5) is 0 Å². The van der Waals surface area contributed by atoms with Crippen LogP contribution in [0.15, 0.2) is 0 Å². The van der Waals surface area contributed by atoms with E-state index in [0.29, 0.717) is 0 Å². The van der Waals surface area contributed by atoms with Gasteiger partial charge in [-0.05, 0) is 0 Å². The van der Waals surface area contributed by atoms with Crippen molar-refractivity contribution < 1.29 is 32.7 Å². The molecule has 1 saturated heterocycles. The first kappa shape index (κ1) is 12.8. The lowest BCUT2D eigenvalue weighted by molar-refractivity contribution is -0.125. The van der Waals surface area contributed by atoms with Crippen molar-refractivity contribution in [3.8, 4) is 0 Å². The SMILES string of the molecule is COS(=O)(=O)NC[C@H]1O[C@@H](O)[C@H](O)[C@@H]1O. The Bertz CT molecular complexity index is 305. The minimum Gasteiger partial charge on any atom is -0.387 e. The highest BCUT2D eigenvalue weighted by molar-refractivity contribution is 7.84. The highest BCUT2D eigenvalue weighted by atomic mass is 32.2. The minimum atomic E-state index is -3.87. The molecule has 0 aromatic carbocycles. The molecule has 8 nitrogen and oxygen atoms in total. The fraction of sp³-hybridized carbons (Fsp3) is 1.00. The van der Waals surface area contributed by atoms with Crippen LogP contribution in [0.25, 0.3) is 0 Å². The Balaban J connectivity index is 2.48. The van der Waals surface area contributed by atoms with Crippen LogP contribution in [0.1, 0.15) is 0 Å². The third-order valence-corrected chi connectivity index (χ3v) is 2.98. The van der Waals surface area contributed by atoms with Crippen LogP contribution in [0.2, 0.25) is 0 Å². The van der Waals surface area contributed by atoms with Crippen molar-refractivity contribution >= 4 is 10.3 Å². The van der Waals surface area contributed by atoms with Gasteiger partial charge in [-0.15, -0.1) is 0 Å². The van der Waals surface area contributed by atoms with E-state index in [-0.39, 0.29) is 6.54 Å². The lowest BCUT2D eigenvalue weighted by atomic mass is 10.1. The molecule has 0 amide bonds. The van der Waals surface area contributed by atoms with Gasteiger partial charge in [-0.2, -0.15) is 13.1 Å². The van der Waals surface area contributed by atoms with Crippen LogP contribution >= 0.6 is 0 Å². The van der Waals surface area contributed by atoms with Crippen molar-refractivity contribution in [2.45, 2.75) is 24.6 Å². The molecule has 0 bridgehead atoms. The Labute approximate surface area is 86.7 Å². The van der Waals surface area contributed by atoms with Crippen LogP contribution < -0.4 is 4.72 Å². The third-order valence-electron chi connectivity index (χ3n) is 2.02. The van der Waals surface area contributed by atoms with Gasteiger partial charge in [0.15, 0.2) is 6.29 Å². The van der Waals surface area contributed by atoms with Gasteiger partial charge in [-0.1, -0.05) is 0 Å². The van der Waals surface area contributed by atoms with Crippen molar-refractivity contribution in [3.63, 3.8) is 0 Å². The molecule has 4 atom stereocenters. The molecule has 0 radical (unpaired) electrons. The van der Waals surface area contributed by atoms with Crippen LogP contribution in [-0.2, 0) is 19.2 Å². The van der Waals surface area contributed by atoms with E-state index in [4.69, 9.17) is 14.9 Å². The highest BCUT2D eigenvalue weighted by Gasteiger charge is 2.41. The van der Waals surface area contributed by atoms with Gasteiger partial charge < -0.3 is 20.1 Å². The Morgan fingerprint density at radius 1 is 1.33 bits per heavy atom. The molecule has 0 spiro atoms. The molecule has 1 heterocycles. The Kier molecular flexibility index (Phi) is 4.00. The predicted octanol–water partition coefficient (Wildman–Crippen LogP) is -3.09. The quantitative estimate of drug-likeness (QED) is 0.412. The molecule has 1 aliphatic rings. The number of rotatable bonds is 4. The molecule has 15 heavy (non-hydrogen) atoms. The van der Waals surface area contributed by atoms with Gasteiger partial charge in [0.2, 0.25) is 0 Å². The molecule has 0 aromatic heterocycles. The average molecular weight is 243 g/mol. The molecule has 4 N–H and O–H groups in total. The van der Waals surface area contributed by atoms with E-state index < -0.39 is 34.9 Å². The molecule has 90 valence electrons. The second kappa shape index (κ2) is 4.70. The lowest BCUT2D eigenvalue weighted by Crippen LogP contribution is -2.40. The molecule has 0 unspecified atom stereocenters. The van der Waals surface area contributed by atoms with Crippen LogP contribution in [0.5, 0.6) is 0 Å². The van der Waals surface area contributed by atoms with E-state index in [2.05, 4.69) is 4.18 Å². The van der Waals surface area contributed by atoms with E-state index >= 15 is 0 Å². The summed E-state index contributed by atoms with van der Waals surface area (Å²) in [5.74, 6) is 0. The van der Waals surface area contributed by atoms with E-state index in [1.807, 2.05) is 4.72 Å². The molecule has 1 aliphatic heterocycles. The standard InChI is InChI=1S/C6H13NO7S/c1-13-15(11,12)7-2-3-4(8)5(9)6(10)14-3/h3-10H,2H2,1H3/t3-,4-,5-,6-/m1/s1. The third kappa shape index (κ3) is 3.08. The Morgan fingerprint density at radius 2 is 1.93 bits per heavy atom. The van der Waals surface area contributed by atoms with Gasteiger partial charge >= 0.3 is 10.3 Å². The van der Waals surface area contributed by atoms with Crippen molar-refractivity contribution in [1.82, 2.24) is 4.72 Å². The molecule has 9 heteroatoms. The summed E-state index contributed by atoms with van der Waals surface area (Å²) in [7, 11) is -2.90. The van der Waals surface area contributed by atoms with Gasteiger partial charge in [-0.25, -0.2) is 0 Å². The number of hydrogen-bond acceptors (Lipinski definition) is 7. The van der Waals surface area contributed by atoms with E-state index in [1.54, 1.807) is 0 Å². The average Bonchev–Trinajstić information content (AvgIpc) is 2.43. The van der Waals surface area contributed by atoms with Crippen molar-refractivity contribution in [1.29, 1.82) is 0 Å². The monoisotopic (exact) mass is 243 g/mol. The number of aliphatic hydroxyl groups is 3. The number of hydrogen-bond donors (Lipinski definition) is 4. The minimum absolute atomic E-state index is 0.300. The van der Waals surface area contributed by atoms with E-state index in [9.17, 15) is 13.5 Å². The second-order valence-electron chi connectivity index (χ2n) is 3.02. The molecule has 1 rings (SSSR count). The smallest absolute Gasteiger partial charge is 0.335 e. The lowest BCUT2D eigenvalue weighted by Gasteiger charge is -2.14. The van der Waals surface area contributed by atoms with Crippen LogP contribution in [0.3, 0.4) is 0 Å². The maximum Gasteiger partial charge on any atom is 0.335 e. The largest absolute Gasteiger partial charge is 0.387 e. The number of nitrogens with one attached hydrogen (secondary N) is 1. The number of aliphatic hydroxyl groups excluding tert-OH is 3. The summed E-state index contributed by atoms with van der Waals surface area (Å²) in [5.41, 5.74) is 0. The van der Waals surface area contributed by atoms with Crippen LogP contribution in [0, 0.1) is 0 Å². The summed E-state index contributed by atoms with van der Waals surface area (Å²) in [6.07, 6.45) is -5.32. The van der Waals surface area contributed by atoms with Gasteiger partial charge in [0, 0.05) is 6.54 Å². The van der Waals surface area contributed by atoms with Crippen molar-refractivity contribution in [3.05, 3.63) is 0 Å². The van der Waals surface area contributed by atoms with Gasteiger partial charge in [0.1, 0.15) is 18.3 Å². The molecular formula is C6H13NO7S. The zero-order valence-corrected chi connectivity index (χ0v) is 8.72. The maximum atomic E-state index is 10.8. The van der Waals surface area contributed by atoms with E-state index in [0.717, 1.165) is 7.11 Å². The fourth-order valence-electron chi connectivity index (χ4n) is 1.14. The van der Waals surface area contributed by atoms with Crippen molar-refractivity contribution in [2.75, 3.05) is 13.7 Å². The van der Waals surface area contributed by atoms with Crippen LogP contribution in [-0.4, -0.2) is 62.0 Å². The normalized spacial score (nSPS) is 37.1. The first-order valence-electron chi connectivity index (χ1n) is 4.12. The van der Waals surface area contributed by atoms with Gasteiger partial charge in [0.25, 0.3) is 0 Å². The summed E-state index contributed by atoms with van der Waals surface area (Å²) < 4.78 is 32.4.